The second-order valence-corrected chi connectivity index (χ2v) is 4.05. The highest BCUT2D eigenvalue weighted by molar-refractivity contribution is 9.10. The van der Waals surface area contributed by atoms with Crippen LogP contribution in [-0.2, 0) is 4.74 Å². The van der Waals surface area contributed by atoms with Gasteiger partial charge in [-0.15, -0.1) is 12.3 Å². The number of benzene rings is 1. The number of hydrogen-bond donors (Lipinski definition) is 0. The molecule has 0 heterocycles. The van der Waals surface area contributed by atoms with Crippen LogP contribution in [0, 0.1) is 12.3 Å². The average Bonchev–Trinajstić information content (AvgIpc) is 2.18. The smallest absolute Gasteiger partial charge is 0.338 e. The molecule has 1 aromatic carbocycles. The summed E-state index contributed by atoms with van der Waals surface area (Å²) < 4.78 is 6.05. The van der Waals surface area contributed by atoms with Gasteiger partial charge in [0.1, 0.15) is 6.10 Å². The van der Waals surface area contributed by atoms with Crippen molar-refractivity contribution >= 4 is 21.9 Å². The van der Waals surface area contributed by atoms with E-state index in [0.717, 1.165) is 4.47 Å². The molecule has 1 unspecified atom stereocenters. The van der Waals surface area contributed by atoms with E-state index in [1.54, 1.807) is 31.2 Å². The molecule has 2 nitrogen and oxygen atoms in total. The van der Waals surface area contributed by atoms with Gasteiger partial charge in [0.15, 0.2) is 0 Å². The maximum absolute atomic E-state index is 11.5. The van der Waals surface area contributed by atoms with Crippen LogP contribution in [0.1, 0.15) is 23.7 Å². The summed E-state index contributed by atoms with van der Waals surface area (Å²) in [5.74, 6) is 2.11. The van der Waals surface area contributed by atoms with Crippen LogP contribution < -0.4 is 0 Å². The highest BCUT2D eigenvalue weighted by Crippen LogP contribution is 2.12. The Hall–Kier alpha value is -1.27. The molecule has 0 radical (unpaired) electrons. The first kappa shape index (κ1) is 11.8. The summed E-state index contributed by atoms with van der Waals surface area (Å²) in [7, 11) is 0. The Labute approximate surface area is 97.8 Å². The van der Waals surface area contributed by atoms with E-state index in [-0.39, 0.29) is 12.1 Å². The Morgan fingerprint density at radius 1 is 1.53 bits per heavy atom. The molecular formula is C12H11BrO2. The molecule has 0 aliphatic rings. The van der Waals surface area contributed by atoms with Gasteiger partial charge in [0.25, 0.3) is 0 Å². The minimum Gasteiger partial charge on any atom is -0.458 e. The fourth-order valence-corrected chi connectivity index (χ4v) is 1.31. The van der Waals surface area contributed by atoms with Gasteiger partial charge in [0.2, 0.25) is 0 Å². The first-order valence-electron chi connectivity index (χ1n) is 4.53. The van der Waals surface area contributed by atoms with Crippen LogP contribution in [0.15, 0.2) is 28.7 Å². The molecule has 0 aromatic heterocycles. The second kappa shape index (κ2) is 5.57. The summed E-state index contributed by atoms with van der Waals surface area (Å²) in [4.78, 5) is 11.5. The lowest BCUT2D eigenvalue weighted by atomic mass is 10.2. The van der Waals surface area contributed by atoms with E-state index in [2.05, 4.69) is 21.9 Å². The van der Waals surface area contributed by atoms with Gasteiger partial charge in [-0.05, 0) is 31.2 Å². The number of halogens is 1. The van der Waals surface area contributed by atoms with Gasteiger partial charge in [-0.2, -0.15) is 0 Å². The monoisotopic (exact) mass is 266 g/mol. The number of carbonyl (C=O) groups excluding carboxylic acids is 1. The van der Waals surface area contributed by atoms with Crippen molar-refractivity contribution in [2.24, 2.45) is 0 Å². The van der Waals surface area contributed by atoms with E-state index in [1.165, 1.54) is 0 Å². The fraction of sp³-hybridized carbons (Fsp3) is 0.250. The zero-order chi connectivity index (χ0) is 11.3. The third-order valence-corrected chi connectivity index (χ3v) is 2.32. The molecule has 0 aliphatic carbocycles. The molecule has 3 heteroatoms. The minimum absolute atomic E-state index is 0.244. The van der Waals surface area contributed by atoms with Crippen LogP contribution in [0.3, 0.4) is 0 Å². The van der Waals surface area contributed by atoms with Crippen LogP contribution in [0.4, 0.5) is 0 Å². The highest BCUT2D eigenvalue weighted by atomic mass is 79.9. The molecule has 0 N–H and O–H groups in total. The van der Waals surface area contributed by atoms with Crippen LogP contribution in [0.5, 0.6) is 0 Å². The van der Waals surface area contributed by atoms with Gasteiger partial charge in [-0.1, -0.05) is 15.9 Å². The normalized spacial score (nSPS) is 11.5. The number of terminal acetylenes is 1. The van der Waals surface area contributed by atoms with E-state index < -0.39 is 0 Å². The molecule has 0 saturated heterocycles. The summed E-state index contributed by atoms with van der Waals surface area (Å²) in [5, 5.41) is 0. The predicted molar refractivity (Wildman–Crippen MR) is 62.5 cm³/mol. The molecule has 0 aliphatic heterocycles. The van der Waals surface area contributed by atoms with Crippen LogP contribution >= 0.6 is 15.9 Å². The topological polar surface area (TPSA) is 26.3 Å². The number of esters is 1. The van der Waals surface area contributed by atoms with Crippen LogP contribution in [0.2, 0.25) is 0 Å². The third-order valence-electron chi connectivity index (χ3n) is 1.79. The van der Waals surface area contributed by atoms with E-state index in [0.29, 0.717) is 12.0 Å². The first-order valence-corrected chi connectivity index (χ1v) is 5.33. The standard InChI is InChI=1S/C12H11BrO2/c1-3-4-9(2)15-12(14)10-5-7-11(13)8-6-10/h1,5-9H,4H2,2H3. The molecule has 0 saturated carbocycles. The van der Waals surface area contributed by atoms with Crippen molar-refractivity contribution in [3.05, 3.63) is 34.3 Å². The molecule has 1 aromatic rings. The van der Waals surface area contributed by atoms with Crippen molar-refractivity contribution in [1.29, 1.82) is 0 Å². The Morgan fingerprint density at radius 2 is 2.13 bits per heavy atom. The number of carbonyl (C=O) groups is 1. The second-order valence-electron chi connectivity index (χ2n) is 3.13. The Bertz CT molecular complexity index is 376. The predicted octanol–water partition coefficient (Wildman–Crippen LogP) is 3.02. The van der Waals surface area contributed by atoms with Crippen molar-refractivity contribution in [1.82, 2.24) is 0 Å². The molecule has 78 valence electrons. The van der Waals surface area contributed by atoms with Gasteiger partial charge in [-0.25, -0.2) is 4.79 Å². The van der Waals surface area contributed by atoms with Gasteiger partial charge < -0.3 is 4.74 Å². The van der Waals surface area contributed by atoms with E-state index >= 15 is 0 Å². The summed E-state index contributed by atoms with van der Waals surface area (Å²) in [5.41, 5.74) is 0.530. The van der Waals surface area contributed by atoms with E-state index in [4.69, 9.17) is 11.2 Å². The minimum atomic E-state index is -0.342. The maximum atomic E-state index is 11.5. The quantitative estimate of drug-likeness (QED) is 0.621. The van der Waals surface area contributed by atoms with Crippen molar-refractivity contribution in [3.63, 3.8) is 0 Å². The molecule has 0 bridgehead atoms. The Morgan fingerprint density at radius 3 is 2.67 bits per heavy atom. The largest absolute Gasteiger partial charge is 0.458 e. The Balaban J connectivity index is 2.62. The zero-order valence-electron chi connectivity index (χ0n) is 8.37. The SMILES string of the molecule is C#CCC(C)OC(=O)c1ccc(Br)cc1. The number of ether oxygens (including phenoxy) is 1. The molecule has 15 heavy (non-hydrogen) atoms. The molecule has 0 amide bonds. The van der Waals surface area contributed by atoms with Crippen molar-refractivity contribution in [2.45, 2.75) is 19.4 Å². The zero-order valence-corrected chi connectivity index (χ0v) is 9.95. The van der Waals surface area contributed by atoms with Crippen molar-refractivity contribution in [2.75, 3.05) is 0 Å². The van der Waals surface area contributed by atoms with Gasteiger partial charge in [0, 0.05) is 10.9 Å². The summed E-state index contributed by atoms with van der Waals surface area (Å²) in [6.45, 7) is 1.77. The third kappa shape index (κ3) is 3.77. The molecule has 0 fully saturated rings. The van der Waals surface area contributed by atoms with Gasteiger partial charge in [-0.3, -0.25) is 0 Å². The molecular weight excluding hydrogens is 256 g/mol. The van der Waals surface area contributed by atoms with Gasteiger partial charge in [0.05, 0.1) is 5.56 Å². The lowest BCUT2D eigenvalue weighted by molar-refractivity contribution is 0.0352. The highest BCUT2D eigenvalue weighted by Gasteiger charge is 2.10. The summed E-state index contributed by atoms with van der Waals surface area (Å²) in [6.07, 6.45) is 5.30. The van der Waals surface area contributed by atoms with E-state index in [9.17, 15) is 4.79 Å². The summed E-state index contributed by atoms with van der Waals surface area (Å²) in [6, 6.07) is 6.99. The molecule has 0 spiro atoms. The molecule has 1 atom stereocenters. The van der Waals surface area contributed by atoms with Crippen molar-refractivity contribution in [3.8, 4) is 12.3 Å². The van der Waals surface area contributed by atoms with Crippen molar-refractivity contribution < 1.29 is 9.53 Å². The lowest BCUT2D eigenvalue weighted by Gasteiger charge is -2.10. The first-order chi connectivity index (χ1) is 7.13. The Kier molecular flexibility index (Phi) is 4.38. The number of rotatable bonds is 3. The average molecular weight is 267 g/mol. The summed E-state index contributed by atoms with van der Waals surface area (Å²) >= 11 is 3.29. The molecule has 1 rings (SSSR count). The lowest BCUT2D eigenvalue weighted by Crippen LogP contribution is -2.14. The fourth-order valence-electron chi connectivity index (χ4n) is 1.04. The van der Waals surface area contributed by atoms with E-state index in [1.807, 2.05) is 0 Å². The number of hydrogen-bond acceptors (Lipinski definition) is 2. The van der Waals surface area contributed by atoms with Crippen LogP contribution in [0.25, 0.3) is 0 Å². The van der Waals surface area contributed by atoms with Crippen LogP contribution in [-0.4, -0.2) is 12.1 Å². The maximum Gasteiger partial charge on any atom is 0.338 e. The van der Waals surface area contributed by atoms with Gasteiger partial charge >= 0.3 is 5.97 Å².